The van der Waals surface area contributed by atoms with Crippen molar-refractivity contribution in [3.8, 4) is 0 Å². The molecule has 152 valence electrons. The van der Waals surface area contributed by atoms with Gasteiger partial charge in [-0.25, -0.2) is 8.42 Å². The number of hydrogen-bond acceptors (Lipinski definition) is 5. The number of nitrogens with one attached hydrogen (secondary N) is 2. The molecule has 11 heteroatoms. The fourth-order valence-corrected chi connectivity index (χ4v) is 3.75. The zero-order chi connectivity index (χ0) is 21.1. The molecule has 3 aromatic rings. The Balaban J connectivity index is 1.92. The van der Waals surface area contributed by atoms with Crippen LogP contribution in [0.3, 0.4) is 0 Å². The molecule has 0 unspecified atom stereocenters. The van der Waals surface area contributed by atoms with Crippen molar-refractivity contribution in [3.63, 3.8) is 0 Å². The molecule has 0 bridgehead atoms. The maximum Gasteiger partial charge on any atom is 0.416 e. The molecule has 0 radical (unpaired) electrons. The highest BCUT2D eigenvalue weighted by Gasteiger charge is 2.33. The lowest BCUT2D eigenvalue weighted by Gasteiger charge is -2.15. The molecule has 1 amide bonds. The molecule has 0 aliphatic heterocycles. The third kappa shape index (κ3) is 4.93. The largest absolute Gasteiger partial charge is 0.416 e. The van der Waals surface area contributed by atoms with Gasteiger partial charge in [-0.3, -0.25) is 9.52 Å². The van der Waals surface area contributed by atoms with Gasteiger partial charge in [-0.15, -0.1) is 0 Å². The summed E-state index contributed by atoms with van der Waals surface area (Å²) in [6.07, 6.45) is -2.70. The van der Waals surface area contributed by atoms with E-state index in [1.165, 1.54) is 0 Å². The molecule has 0 saturated heterocycles. The topological polar surface area (TPSA) is 101 Å². The monoisotopic (exact) mass is 425 g/mol. The number of amides is 1. The predicted octanol–water partition coefficient (Wildman–Crippen LogP) is 3.42. The number of carbonyl (C=O) groups excluding carboxylic acids is 1. The summed E-state index contributed by atoms with van der Waals surface area (Å²) in [5, 5.41) is 5.83. The van der Waals surface area contributed by atoms with Crippen LogP contribution in [-0.4, -0.2) is 19.5 Å². The van der Waals surface area contributed by atoms with Crippen molar-refractivity contribution < 1.29 is 30.9 Å². The van der Waals surface area contributed by atoms with Crippen LogP contribution in [0.4, 0.5) is 18.9 Å². The zero-order valence-electron chi connectivity index (χ0n) is 14.6. The summed E-state index contributed by atoms with van der Waals surface area (Å²) < 4.78 is 71.2. The number of carbonyl (C=O) groups is 1. The van der Waals surface area contributed by atoms with E-state index in [-0.39, 0.29) is 17.8 Å². The van der Waals surface area contributed by atoms with Gasteiger partial charge in [-0.2, -0.15) is 13.2 Å². The number of rotatable bonds is 6. The van der Waals surface area contributed by atoms with Gasteiger partial charge in [0.2, 0.25) is 0 Å². The highest BCUT2D eigenvalue weighted by Crippen LogP contribution is 2.32. The van der Waals surface area contributed by atoms with E-state index in [0.29, 0.717) is 11.6 Å². The standard InChI is InChI=1S/C18H14F3N3O4S/c19-18(20,21)14-7-6-13(9-22-17(25)12-4-2-1-3-5-12)16(8-14)29(26,27)24-15-10-23-28-11-15/h1-8,10-11,24H,9H2,(H,22,25). The van der Waals surface area contributed by atoms with Crippen molar-refractivity contribution in [1.82, 2.24) is 10.5 Å². The van der Waals surface area contributed by atoms with E-state index in [1.807, 2.05) is 0 Å². The predicted molar refractivity (Wildman–Crippen MR) is 96.4 cm³/mol. The summed E-state index contributed by atoms with van der Waals surface area (Å²) in [7, 11) is -4.41. The summed E-state index contributed by atoms with van der Waals surface area (Å²) in [5.74, 6) is -0.499. The summed E-state index contributed by atoms with van der Waals surface area (Å²) in [6, 6.07) is 10.4. The Labute approximate surface area is 163 Å². The number of sulfonamides is 1. The van der Waals surface area contributed by atoms with Crippen molar-refractivity contribution in [2.45, 2.75) is 17.6 Å². The number of aromatic nitrogens is 1. The highest BCUT2D eigenvalue weighted by atomic mass is 32.2. The molecule has 2 N–H and O–H groups in total. The Morgan fingerprint density at radius 1 is 1.10 bits per heavy atom. The van der Waals surface area contributed by atoms with E-state index in [0.717, 1.165) is 24.6 Å². The molecule has 0 atom stereocenters. The molecule has 0 aliphatic rings. The van der Waals surface area contributed by atoms with E-state index < -0.39 is 32.6 Å². The first-order valence-corrected chi connectivity index (χ1v) is 9.61. The zero-order valence-corrected chi connectivity index (χ0v) is 15.4. The van der Waals surface area contributed by atoms with E-state index in [9.17, 15) is 26.4 Å². The van der Waals surface area contributed by atoms with Crippen LogP contribution in [0.2, 0.25) is 0 Å². The van der Waals surface area contributed by atoms with Crippen LogP contribution in [0.1, 0.15) is 21.5 Å². The molecular weight excluding hydrogens is 411 g/mol. The van der Waals surface area contributed by atoms with Gasteiger partial charge >= 0.3 is 6.18 Å². The number of nitrogens with zero attached hydrogens (tertiary/aromatic N) is 1. The van der Waals surface area contributed by atoms with Gasteiger partial charge in [0.1, 0.15) is 12.0 Å². The van der Waals surface area contributed by atoms with Crippen molar-refractivity contribution in [3.05, 3.63) is 77.7 Å². The third-order valence-electron chi connectivity index (χ3n) is 3.84. The van der Waals surface area contributed by atoms with E-state index in [1.54, 1.807) is 30.3 Å². The minimum atomic E-state index is -4.74. The van der Waals surface area contributed by atoms with E-state index in [2.05, 4.69) is 19.7 Å². The van der Waals surface area contributed by atoms with Crippen LogP contribution in [0, 0.1) is 0 Å². The van der Waals surface area contributed by atoms with Crippen LogP contribution < -0.4 is 10.0 Å². The number of benzene rings is 2. The average molecular weight is 425 g/mol. The maximum absolute atomic E-state index is 13.1. The van der Waals surface area contributed by atoms with Crippen LogP contribution in [0.25, 0.3) is 0 Å². The molecule has 2 aromatic carbocycles. The normalized spacial score (nSPS) is 11.8. The smallest absolute Gasteiger partial charge is 0.362 e. The first-order valence-electron chi connectivity index (χ1n) is 8.12. The maximum atomic E-state index is 13.1. The lowest BCUT2D eigenvalue weighted by Crippen LogP contribution is -2.25. The first kappa shape index (κ1) is 20.4. The van der Waals surface area contributed by atoms with Crippen LogP contribution in [0.5, 0.6) is 0 Å². The molecule has 7 nitrogen and oxygen atoms in total. The van der Waals surface area contributed by atoms with Gasteiger partial charge in [0, 0.05) is 12.1 Å². The average Bonchev–Trinajstić information content (AvgIpc) is 3.18. The Morgan fingerprint density at radius 2 is 1.83 bits per heavy atom. The van der Waals surface area contributed by atoms with Gasteiger partial charge in [-0.05, 0) is 29.8 Å². The van der Waals surface area contributed by atoms with E-state index in [4.69, 9.17) is 0 Å². The Kier molecular flexibility index (Phi) is 5.59. The molecule has 3 rings (SSSR count). The second-order valence-corrected chi connectivity index (χ2v) is 7.54. The van der Waals surface area contributed by atoms with Gasteiger partial charge in [0.05, 0.1) is 16.7 Å². The third-order valence-corrected chi connectivity index (χ3v) is 5.31. The number of alkyl halides is 3. The molecule has 0 saturated carbocycles. The lowest BCUT2D eigenvalue weighted by atomic mass is 10.1. The van der Waals surface area contributed by atoms with Crippen molar-refractivity contribution in [1.29, 1.82) is 0 Å². The Hall–Kier alpha value is -3.34. The van der Waals surface area contributed by atoms with Crippen molar-refractivity contribution in [2.24, 2.45) is 0 Å². The molecule has 1 aromatic heterocycles. The highest BCUT2D eigenvalue weighted by molar-refractivity contribution is 7.92. The summed E-state index contributed by atoms with van der Waals surface area (Å²) >= 11 is 0. The van der Waals surface area contributed by atoms with Crippen molar-refractivity contribution >= 4 is 21.6 Å². The summed E-state index contributed by atoms with van der Waals surface area (Å²) in [6.45, 7) is -0.300. The minimum Gasteiger partial charge on any atom is -0.362 e. The van der Waals surface area contributed by atoms with Crippen molar-refractivity contribution in [2.75, 3.05) is 4.72 Å². The summed E-state index contributed by atoms with van der Waals surface area (Å²) in [5.41, 5.74) is -0.888. The van der Waals surface area contributed by atoms with Gasteiger partial charge in [0.25, 0.3) is 15.9 Å². The van der Waals surface area contributed by atoms with Gasteiger partial charge in [0.15, 0.2) is 0 Å². The fraction of sp³-hybridized carbons (Fsp3) is 0.111. The molecule has 0 fully saturated rings. The molecule has 0 aliphatic carbocycles. The fourth-order valence-electron chi connectivity index (χ4n) is 2.46. The number of halogens is 3. The van der Waals surface area contributed by atoms with Gasteiger partial charge < -0.3 is 9.84 Å². The molecule has 1 heterocycles. The first-order chi connectivity index (χ1) is 13.7. The molecule has 0 spiro atoms. The Bertz CT molecular complexity index is 1100. The second kappa shape index (κ2) is 7.95. The molecular formula is C18H14F3N3O4S. The van der Waals surface area contributed by atoms with Crippen LogP contribution >= 0.6 is 0 Å². The lowest BCUT2D eigenvalue weighted by molar-refractivity contribution is -0.137. The molecule has 29 heavy (non-hydrogen) atoms. The second-order valence-electron chi connectivity index (χ2n) is 5.89. The van der Waals surface area contributed by atoms with Gasteiger partial charge in [-0.1, -0.05) is 29.4 Å². The van der Waals surface area contributed by atoms with E-state index >= 15 is 0 Å². The Morgan fingerprint density at radius 3 is 2.45 bits per heavy atom. The van der Waals surface area contributed by atoms with Crippen LogP contribution in [0.15, 0.2) is 70.4 Å². The SMILES string of the molecule is O=C(NCc1ccc(C(F)(F)F)cc1S(=O)(=O)Nc1cnoc1)c1ccccc1. The number of anilines is 1. The number of hydrogen-bond donors (Lipinski definition) is 2. The quantitative estimate of drug-likeness (QED) is 0.630. The van der Waals surface area contributed by atoms with Crippen LogP contribution in [-0.2, 0) is 22.7 Å². The minimum absolute atomic E-state index is 0.0220. The summed E-state index contributed by atoms with van der Waals surface area (Å²) in [4.78, 5) is 11.6.